The second-order valence-corrected chi connectivity index (χ2v) is 7.02. The summed E-state index contributed by atoms with van der Waals surface area (Å²) in [4.78, 5) is 15.3. The van der Waals surface area contributed by atoms with Gasteiger partial charge in [-0.1, -0.05) is 6.92 Å². The lowest BCUT2D eigenvalue weighted by Crippen LogP contribution is -2.48. The van der Waals surface area contributed by atoms with Gasteiger partial charge in [0.1, 0.15) is 10.6 Å². The first-order chi connectivity index (χ1) is 9.29. The number of carboxylic acids is 1. The molecule has 1 aromatic rings. The number of carbonyl (C=O) groups is 1. The fourth-order valence-corrected chi connectivity index (χ4v) is 3.82. The number of sulfonamides is 1. The van der Waals surface area contributed by atoms with E-state index in [1.54, 1.807) is 0 Å². The molecule has 1 aromatic heterocycles. The zero-order valence-corrected chi connectivity index (χ0v) is 12.3. The van der Waals surface area contributed by atoms with Crippen LogP contribution in [0.2, 0.25) is 0 Å². The van der Waals surface area contributed by atoms with Crippen LogP contribution < -0.4 is 4.72 Å². The van der Waals surface area contributed by atoms with Crippen molar-refractivity contribution >= 4 is 16.0 Å². The highest BCUT2D eigenvalue weighted by molar-refractivity contribution is 7.89. The van der Waals surface area contributed by atoms with Gasteiger partial charge in [0.25, 0.3) is 0 Å². The van der Waals surface area contributed by atoms with Crippen LogP contribution in [0.1, 0.15) is 23.8 Å². The molecule has 112 valence electrons. The molecule has 0 aromatic carbocycles. The molecule has 1 fully saturated rings. The lowest BCUT2D eigenvalue weighted by Gasteiger charge is -2.34. The Morgan fingerprint density at radius 3 is 2.80 bits per heavy atom. The zero-order chi connectivity index (χ0) is 14.9. The molecule has 0 saturated carbocycles. The third-order valence-corrected chi connectivity index (χ3v) is 5.08. The molecule has 7 nitrogen and oxygen atoms in total. The maximum Gasteiger partial charge on any atom is 0.352 e. The van der Waals surface area contributed by atoms with Crippen LogP contribution in [0.4, 0.5) is 0 Å². The summed E-state index contributed by atoms with van der Waals surface area (Å²) in [6.45, 7) is 3.67. The summed E-state index contributed by atoms with van der Waals surface area (Å²) in [7, 11) is -1.68. The SMILES string of the molecule is CC1CN(C)CCC1NS(=O)(=O)c1c[nH]c(C(=O)O)c1. The number of rotatable bonds is 4. The summed E-state index contributed by atoms with van der Waals surface area (Å²) in [6.07, 6.45) is 1.94. The Morgan fingerprint density at radius 2 is 2.25 bits per heavy atom. The number of piperidine rings is 1. The van der Waals surface area contributed by atoms with Gasteiger partial charge in [-0.2, -0.15) is 0 Å². The first-order valence-electron chi connectivity index (χ1n) is 6.42. The van der Waals surface area contributed by atoms with Crippen LogP contribution in [0.5, 0.6) is 0 Å². The van der Waals surface area contributed by atoms with Crippen LogP contribution >= 0.6 is 0 Å². The van der Waals surface area contributed by atoms with Crippen LogP contribution in [-0.4, -0.2) is 55.6 Å². The van der Waals surface area contributed by atoms with Crippen molar-refractivity contribution < 1.29 is 18.3 Å². The Kier molecular flexibility index (Phi) is 4.17. The normalized spacial score (nSPS) is 24.7. The Bertz CT molecular complexity index is 596. The van der Waals surface area contributed by atoms with Gasteiger partial charge in [-0.25, -0.2) is 17.9 Å². The van der Waals surface area contributed by atoms with Crippen LogP contribution in [0.25, 0.3) is 0 Å². The van der Waals surface area contributed by atoms with Gasteiger partial charge in [-0.3, -0.25) is 0 Å². The number of aromatic amines is 1. The number of aromatic carboxylic acids is 1. The van der Waals surface area contributed by atoms with Crippen LogP contribution in [0.3, 0.4) is 0 Å². The molecule has 0 amide bonds. The first kappa shape index (κ1) is 15.0. The first-order valence-corrected chi connectivity index (χ1v) is 7.90. The highest BCUT2D eigenvalue weighted by atomic mass is 32.2. The molecule has 2 rings (SSSR count). The lowest BCUT2D eigenvalue weighted by molar-refractivity contribution is 0.0691. The summed E-state index contributed by atoms with van der Waals surface area (Å²) < 4.78 is 27.1. The predicted octanol–water partition coefficient (Wildman–Crippen LogP) is 0.331. The summed E-state index contributed by atoms with van der Waals surface area (Å²) in [5.74, 6) is -0.972. The summed E-state index contributed by atoms with van der Waals surface area (Å²) in [5, 5.41) is 8.80. The minimum absolute atomic E-state index is 0.0407. The molecule has 1 aliphatic rings. The Hall–Kier alpha value is -1.38. The van der Waals surface area contributed by atoms with Gasteiger partial charge in [0.2, 0.25) is 10.0 Å². The van der Waals surface area contributed by atoms with Gasteiger partial charge in [0.05, 0.1) is 0 Å². The van der Waals surface area contributed by atoms with Crippen LogP contribution in [-0.2, 0) is 10.0 Å². The van der Waals surface area contributed by atoms with E-state index in [9.17, 15) is 13.2 Å². The zero-order valence-electron chi connectivity index (χ0n) is 11.5. The molecule has 0 radical (unpaired) electrons. The van der Waals surface area contributed by atoms with Crippen molar-refractivity contribution in [1.29, 1.82) is 0 Å². The number of hydrogen-bond donors (Lipinski definition) is 3. The molecule has 0 bridgehead atoms. The highest BCUT2D eigenvalue weighted by Gasteiger charge is 2.29. The van der Waals surface area contributed by atoms with E-state index in [2.05, 4.69) is 14.6 Å². The van der Waals surface area contributed by atoms with E-state index in [-0.39, 0.29) is 22.5 Å². The maximum atomic E-state index is 12.2. The Labute approximate surface area is 118 Å². The van der Waals surface area contributed by atoms with Gasteiger partial charge in [0, 0.05) is 18.8 Å². The summed E-state index contributed by atoms with van der Waals surface area (Å²) in [6, 6.07) is 1.00. The fourth-order valence-electron chi connectivity index (χ4n) is 2.45. The monoisotopic (exact) mass is 301 g/mol. The average Bonchev–Trinajstić information content (AvgIpc) is 2.83. The third-order valence-electron chi connectivity index (χ3n) is 3.61. The summed E-state index contributed by atoms with van der Waals surface area (Å²) >= 11 is 0. The van der Waals surface area contributed by atoms with Gasteiger partial charge in [-0.05, 0) is 32.0 Å². The van der Waals surface area contributed by atoms with Crippen molar-refractivity contribution in [3.63, 3.8) is 0 Å². The van der Waals surface area contributed by atoms with E-state index in [4.69, 9.17) is 5.11 Å². The van der Waals surface area contributed by atoms with E-state index in [1.807, 2.05) is 14.0 Å². The summed E-state index contributed by atoms with van der Waals surface area (Å²) in [5.41, 5.74) is -0.137. The number of nitrogens with one attached hydrogen (secondary N) is 2. The molecular weight excluding hydrogens is 282 g/mol. The van der Waals surface area contributed by atoms with Gasteiger partial charge in [0.15, 0.2) is 0 Å². The quantitative estimate of drug-likeness (QED) is 0.744. The molecule has 2 unspecified atom stereocenters. The van der Waals surface area contributed by atoms with Crippen molar-refractivity contribution in [2.75, 3.05) is 20.1 Å². The van der Waals surface area contributed by atoms with E-state index in [1.165, 1.54) is 6.20 Å². The Morgan fingerprint density at radius 1 is 1.55 bits per heavy atom. The van der Waals surface area contributed by atoms with E-state index in [0.29, 0.717) is 0 Å². The molecule has 0 aliphatic carbocycles. The van der Waals surface area contributed by atoms with Crippen molar-refractivity contribution in [3.8, 4) is 0 Å². The molecule has 8 heteroatoms. The maximum absolute atomic E-state index is 12.2. The minimum Gasteiger partial charge on any atom is -0.477 e. The molecule has 0 spiro atoms. The van der Waals surface area contributed by atoms with Crippen LogP contribution in [0.15, 0.2) is 17.2 Å². The number of aromatic nitrogens is 1. The van der Waals surface area contributed by atoms with Crippen molar-refractivity contribution in [3.05, 3.63) is 18.0 Å². The second-order valence-electron chi connectivity index (χ2n) is 5.31. The molecular formula is C12H19N3O4S. The van der Waals surface area contributed by atoms with Crippen molar-refractivity contribution in [2.24, 2.45) is 5.92 Å². The Balaban J connectivity index is 2.12. The standard InChI is InChI=1S/C12H19N3O4S/c1-8-7-15(2)4-3-10(8)14-20(18,19)9-5-11(12(16)17)13-6-9/h5-6,8,10,13-14H,3-4,7H2,1-2H3,(H,16,17). The topological polar surface area (TPSA) is 103 Å². The number of nitrogens with zero attached hydrogens (tertiary/aromatic N) is 1. The molecule has 1 aliphatic heterocycles. The fraction of sp³-hybridized carbons (Fsp3) is 0.583. The number of carboxylic acid groups (broad SMARTS) is 1. The van der Waals surface area contributed by atoms with Gasteiger partial charge < -0.3 is 15.0 Å². The molecule has 2 heterocycles. The second kappa shape index (κ2) is 5.55. The smallest absolute Gasteiger partial charge is 0.352 e. The molecule has 1 saturated heterocycles. The van der Waals surface area contributed by atoms with Gasteiger partial charge in [-0.15, -0.1) is 0 Å². The largest absolute Gasteiger partial charge is 0.477 e. The highest BCUT2D eigenvalue weighted by Crippen LogP contribution is 2.19. The lowest BCUT2D eigenvalue weighted by atomic mass is 9.95. The van der Waals surface area contributed by atoms with E-state index < -0.39 is 16.0 Å². The van der Waals surface area contributed by atoms with E-state index in [0.717, 1.165) is 25.6 Å². The number of likely N-dealkylation sites (tertiary alicyclic amines) is 1. The predicted molar refractivity (Wildman–Crippen MR) is 73.1 cm³/mol. The van der Waals surface area contributed by atoms with Crippen molar-refractivity contribution in [1.82, 2.24) is 14.6 Å². The molecule has 20 heavy (non-hydrogen) atoms. The average molecular weight is 301 g/mol. The van der Waals surface area contributed by atoms with E-state index >= 15 is 0 Å². The van der Waals surface area contributed by atoms with Crippen molar-refractivity contribution in [2.45, 2.75) is 24.3 Å². The van der Waals surface area contributed by atoms with Gasteiger partial charge >= 0.3 is 5.97 Å². The number of hydrogen-bond acceptors (Lipinski definition) is 4. The minimum atomic E-state index is -3.69. The molecule has 3 N–H and O–H groups in total. The molecule has 2 atom stereocenters. The number of H-pyrrole nitrogens is 1. The third kappa shape index (κ3) is 3.20. The van der Waals surface area contributed by atoms with Crippen LogP contribution in [0, 0.1) is 5.92 Å².